The Bertz CT molecular complexity index is 1900. The van der Waals surface area contributed by atoms with Gasteiger partial charge in [0.15, 0.2) is 12.6 Å². The number of methoxy groups -OCH3 is 2. The van der Waals surface area contributed by atoms with E-state index in [1.165, 1.54) is 41.9 Å². The van der Waals surface area contributed by atoms with E-state index >= 15 is 0 Å². The molecule has 7 N–H and O–H groups in total. The number of amides is 2. The smallest absolute Gasteiger partial charge is 0.309 e. The molecule has 18 unspecified atom stereocenters. The zero-order valence-corrected chi connectivity index (χ0v) is 43.5. The molecular formula is C48H76N2O24. The van der Waals surface area contributed by atoms with Gasteiger partial charge < -0.3 is 83.6 Å². The average molecular weight is 1070 g/mol. The maximum atomic E-state index is 13.3. The molecule has 26 nitrogen and oxygen atoms in total. The van der Waals surface area contributed by atoms with Crippen LogP contribution in [0.2, 0.25) is 0 Å². The van der Waals surface area contributed by atoms with Gasteiger partial charge in [0, 0.05) is 56.7 Å². The van der Waals surface area contributed by atoms with Gasteiger partial charge in [-0.1, -0.05) is 55.4 Å². The lowest BCUT2D eigenvalue weighted by molar-refractivity contribution is -0.248. The number of hydrogen-bond donors (Lipinski definition) is 7. The van der Waals surface area contributed by atoms with Crippen LogP contribution < -0.4 is 10.6 Å². The largest absolute Gasteiger partial charge is 0.481 e. The van der Waals surface area contributed by atoms with Crippen molar-refractivity contribution in [1.29, 1.82) is 0 Å². The van der Waals surface area contributed by atoms with Crippen molar-refractivity contribution in [1.82, 2.24) is 10.6 Å². The second-order valence-electron chi connectivity index (χ2n) is 18.9. The minimum Gasteiger partial charge on any atom is -0.481 e. The number of rotatable bonds is 32. The predicted octanol–water partition coefficient (Wildman–Crippen LogP) is -0.0559. The van der Waals surface area contributed by atoms with Gasteiger partial charge in [0.05, 0.1) is 67.2 Å². The molecule has 2 heterocycles. The Balaban J connectivity index is 1.75. The number of carbonyl (C=O) groups excluding carboxylic acids is 7. The Morgan fingerprint density at radius 2 is 0.932 bits per heavy atom. The topological polar surface area (TPSA) is 379 Å². The number of hydrogen-bond acceptors (Lipinski definition) is 21. The molecule has 0 aromatic carbocycles. The van der Waals surface area contributed by atoms with E-state index in [0.717, 1.165) is 0 Å². The molecule has 2 fully saturated rings. The lowest BCUT2D eigenvalue weighted by atomic mass is 9.86. The van der Waals surface area contributed by atoms with Crippen molar-refractivity contribution >= 4 is 59.9 Å². The Morgan fingerprint density at radius 1 is 0.541 bits per heavy atom. The zero-order chi connectivity index (χ0) is 56.1. The lowest BCUT2D eigenvalue weighted by Gasteiger charge is -2.43. The SMILES string of the molecule is COC1OC(COC(=O)C(C)C(CCC(=O)OCCOCCOC(=O)CCC(C(=O)O)C(C)C(=O)NC2C(OC)OC(COC(=O)C(C)C(C)C(=O)O)C(C)C2O)C(=O)O)C(C)C(O)C1NC(=O)C(C)C(C)C=O. The summed E-state index contributed by atoms with van der Waals surface area (Å²) in [5.41, 5.74) is 0. The third-order valence-corrected chi connectivity index (χ3v) is 13.9. The number of esters is 4. The van der Waals surface area contributed by atoms with Gasteiger partial charge in [-0.05, 0) is 12.8 Å². The third kappa shape index (κ3) is 19.1. The summed E-state index contributed by atoms with van der Waals surface area (Å²) in [7, 11) is 2.53. The minimum atomic E-state index is -1.38. The summed E-state index contributed by atoms with van der Waals surface area (Å²) < 4.78 is 48.5. The summed E-state index contributed by atoms with van der Waals surface area (Å²) in [6, 6.07) is -2.19. The summed E-state index contributed by atoms with van der Waals surface area (Å²) in [6.07, 6.45) is -7.48. The first kappa shape index (κ1) is 64.7. The number of carbonyl (C=O) groups is 10. The van der Waals surface area contributed by atoms with Crippen LogP contribution in [-0.2, 0) is 90.6 Å². The van der Waals surface area contributed by atoms with Crippen molar-refractivity contribution in [3.8, 4) is 0 Å². The summed E-state index contributed by atoms with van der Waals surface area (Å²) in [6.45, 7) is 10.2. The van der Waals surface area contributed by atoms with Crippen molar-refractivity contribution < 1.29 is 116 Å². The Hall–Kier alpha value is -5.38. The number of aliphatic hydroxyl groups is 2. The first-order valence-electron chi connectivity index (χ1n) is 24.4. The average Bonchev–Trinajstić information content (AvgIpc) is 3.36. The van der Waals surface area contributed by atoms with Gasteiger partial charge in [0.2, 0.25) is 11.8 Å². The highest BCUT2D eigenvalue weighted by Crippen LogP contribution is 2.30. The number of carboxylic acids is 3. The summed E-state index contributed by atoms with van der Waals surface area (Å²) in [5.74, 6) is -18.4. The van der Waals surface area contributed by atoms with Crippen LogP contribution in [0.15, 0.2) is 0 Å². The van der Waals surface area contributed by atoms with Gasteiger partial charge in [-0.2, -0.15) is 0 Å². The van der Waals surface area contributed by atoms with E-state index < -0.39 is 175 Å². The zero-order valence-electron chi connectivity index (χ0n) is 43.5. The van der Waals surface area contributed by atoms with Crippen molar-refractivity contribution in [3.63, 3.8) is 0 Å². The number of aliphatic hydroxyl groups excluding tert-OH is 2. The maximum absolute atomic E-state index is 13.3. The van der Waals surface area contributed by atoms with E-state index in [1.807, 2.05) is 0 Å². The highest BCUT2D eigenvalue weighted by Gasteiger charge is 2.47. The highest BCUT2D eigenvalue weighted by molar-refractivity contribution is 5.85. The molecule has 0 aromatic heterocycles. The lowest BCUT2D eigenvalue weighted by Crippen LogP contribution is -2.62. The molecule has 0 spiro atoms. The van der Waals surface area contributed by atoms with Gasteiger partial charge in [-0.3, -0.25) is 43.2 Å². The van der Waals surface area contributed by atoms with Crippen LogP contribution in [0.5, 0.6) is 0 Å². The van der Waals surface area contributed by atoms with Gasteiger partial charge in [0.25, 0.3) is 0 Å². The molecule has 2 amide bonds. The summed E-state index contributed by atoms with van der Waals surface area (Å²) in [4.78, 5) is 123. The minimum absolute atomic E-state index is 0.140. The van der Waals surface area contributed by atoms with E-state index in [0.29, 0.717) is 6.29 Å². The van der Waals surface area contributed by atoms with Crippen LogP contribution in [0.3, 0.4) is 0 Å². The molecule has 422 valence electrons. The second-order valence-corrected chi connectivity index (χ2v) is 18.9. The molecule has 2 aliphatic rings. The van der Waals surface area contributed by atoms with Crippen LogP contribution in [-0.4, -0.2) is 188 Å². The summed E-state index contributed by atoms with van der Waals surface area (Å²) >= 11 is 0. The molecule has 2 rings (SSSR count). The van der Waals surface area contributed by atoms with Gasteiger partial charge in [0.1, 0.15) is 44.8 Å². The van der Waals surface area contributed by atoms with Gasteiger partial charge in [-0.25, -0.2) is 0 Å². The Morgan fingerprint density at radius 3 is 1.31 bits per heavy atom. The molecule has 0 bridgehead atoms. The Labute approximate surface area is 429 Å². The number of carboxylic acid groups (broad SMARTS) is 3. The standard InChI is InChI=1S/C48H76N2O24/c1-22(19-51)23(2)40(56)49-36-38(54)29(8)33(74-47(36)66-9)21-72-46(65)27(6)31(44(62)63)12-14-35(53)70-18-16-68-15-17-69-34(52)13-11-30(43(60)61)26(5)41(57)50-37-39(55)28(7)32(73-48(37)67-10)20-71-45(64)25(4)24(3)42(58)59/h19,22-33,36-39,47-48,54-55H,11-18,20-21H2,1-10H3,(H,49,56)(H,50,57)(H,58,59)(H,60,61)(H,62,63). The quantitative estimate of drug-likeness (QED) is 0.0201. The van der Waals surface area contributed by atoms with Crippen LogP contribution >= 0.6 is 0 Å². The third-order valence-electron chi connectivity index (χ3n) is 13.9. The fourth-order valence-corrected chi connectivity index (χ4v) is 7.97. The monoisotopic (exact) mass is 1060 g/mol. The number of aldehydes is 1. The van der Waals surface area contributed by atoms with Crippen molar-refractivity contribution in [3.05, 3.63) is 0 Å². The molecule has 2 saturated heterocycles. The molecule has 0 aliphatic carbocycles. The van der Waals surface area contributed by atoms with E-state index in [-0.39, 0.29) is 52.3 Å². The number of nitrogens with one attached hydrogen (secondary N) is 2. The van der Waals surface area contributed by atoms with E-state index in [1.54, 1.807) is 27.7 Å². The molecule has 0 radical (unpaired) electrons. The van der Waals surface area contributed by atoms with Crippen LogP contribution in [0.1, 0.15) is 81.1 Å². The first-order valence-corrected chi connectivity index (χ1v) is 24.4. The normalized spacial score (nSPS) is 27.0. The second kappa shape index (κ2) is 31.5. The Kier molecular flexibility index (Phi) is 27.5. The molecule has 18 atom stereocenters. The van der Waals surface area contributed by atoms with Crippen LogP contribution in [0, 0.1) is 59.2 Å². The van der Waals surface area contributed by atoms with Crippen molar-refractivity contribution in [2.45, 2.75) is 130 Å². The van der Waals surface area contributed by atoms with E-state index in [9.17, 15) is 73.5 Å². The van der Waals surface area contributed by atoms with Crippen molar-refractivity contribution in [2.24, 2.45) is 59.2 Å². The molecule has 0 saturated carbocycles. The van der Waals surface area contributed by atoms with Gasteiger partial charge >= 0.3 is 41.8 Å². The summed E-state index contributed by atoms with van der Waals surface area (Å²) in [5, 5.41) is 56.3. The fraction of sp³-hybridized carbons (Fsp3) is 0.792. The predicted molar refractivity (Wildman–Crippen MR) is 250 cm³/mol. The molecule has 0 aromatic rings. The van der Waals surface area contributed by atoms with E-state index in [2.05, 4.69) is 10.6 Å². The molecule has 26 heteroatoms. The van der Waals surface area contributed by atoms with Crippen molar-refractivity contribution in [2.75, 3.05) is 53.9 Å². The van der Waals surface area contributed by atoms with Crippen LogP contribution in [0.4, 0.5) is 0 Å². The molecule has 74 heavy (non-hydrogen) atoms. The molecule has 2 aliphatic heterocycles. The first-order chi connectivity index (χ1) is 34.7. The molecular weight excluding hydrogens is 989 g/mol. The van der Waals surface area contributed by atoms with Gasteiger partial charge in [-0.15, -0.1) is 0 Å². The maximum Gasteiger partial charge on any atom is 0.309 e. The number of ether oxygens (including phenoxy) is 9. The highest BCUT2D eigenvalue weighted by atomic mass is 16.7. The number of aliphatic carboxylic acids is 3. The fourth-order valence-electron chi connectivity index (χ4n) is 7.97. The van der Waals surface area contributed by atoms with Crippen LogP contribution in [0.25, 0.3) is 0 Å². The van der Waals surface area contributed by atoms with E-state index in [4.69, 9.17) is 42.6 Å².